The molecule has 2 N–H and O–H groups in total. The summed E-state index contributed by atoms with van der Waals surface area (Å²) in [5.41, 5.74) is 1.19. The third kappa shape index (κ3) is 6.48. The fourth-order valence-electron chi connectivity index (χ4n) is 3.33. The first kappa shape index (κ1) is 25.5. The van der Waals surface area contributed by atoms with Gasteiger partial charge < -0.3 is 19.9 Å². The standard InChI is InChI=1S/C24H25FN2O5S2/c1-31-18-12-15(13-19(32-2)22(18)29)14-20-23(30)27(24(33)34-20)11-5-3-4-6-21(28)26-17-9-7-16(25)8-10-17/h7-10,12-14,29H,3-6,11H2,1-2H3,(H,26,28)/b20-14-. The first-order valence-electron chi connectivity index (χ1n) is 10.6. The molecule has 0 saturated carbocycles. The highest BCUT2D eigenvalue weighted by Gasteiger charge is 2.31. The van der Waals surface area contributed by atoms with E-state index >= 15 is 0 Å². The van der Waals surface area contributed by atoms with Gasteiger partial charge >= 0.3 is 0 Å². The summed E-state index contributed by atoms with van der Waals surface area (Å²) in [6, 6.07) is 8.84. The molecule has 0 bridgehead atoms. The number of hydrogen-bond donors (Lipinski definition) is 2. The number of carbonyl (C=O) groups is 2. The van der Waals surface area contributed by atoms with Crippen LogP contribution in [0.2, 0.25) is 0 Å². The fraction of sp³-hybridized carbons (Fsp3) is 0.292. The number of amides is 2. The average Bonchev–Trinajstić information content (AvgIpc) is 3.08. The Morgan fingerprint density at radius 2 is 1.79 bits per heavy atom. The van der Waals surface area contributed by atoms with Crippen LogP contribution in [0.4, 0.5) is 10.1 Å². The Hall–Kier alpha value is -3.11. The lowest BCUT2D eigenvalue weighted by Crippen LogP contribution is -2.29. The Balaban J connectivity index is 1.49. The Bertz CT molecular complexity index is 1080. The Morgan fingerprint density at radius 3 is 2.41 bits per heavy atom. The van der Waals surface area contributed by atoms with Crippen LogP contribution >= 0.6 is 24.0 Å². The number of ether oxygens (including phenoxy) is 2. The van der Waals surface area contributed by atoms with E-state index in [1.54, 1.807) is 23.1 Å². The van der Waals surface area contributed by atoms with Crippen molar-refractivity contribution in [3.05, 3.63) is 52.7 Å². The molecule has 1 aliphatic rings. The molecule has 0 atom stereocenters. The van der Waals surface area contributed by atoms with Crippen molar-refractivity contribution >= 4 is 51.9 Å². The quantitative estimate of drug-likeness (QED) is 0.269. The molecule has 0 unspecified atom stereocenters. The summed E-state index contributed by atoms with van der Waals surface area (Å²) in [6.07, 6.45) is 4.12. The number of thioether (sulfide) groups is 1. The van der Waals surface area contributed by atoms with Gasteiger partial charge in [0, 0.05) is 18.7 Å². The van der Waals surface area contributed by atoms with E-state index in [-0.39, 0.29) is 34.9 Å². The van der Waals surface area contributed by atoms with Crippen LogP contribution in [0, 0.1) is 5.82 Å². The van der Waals surface area contributed by atoms with Crippen molar-refractivity contribution in [3.63, 3.8) is 0 Å². The number of aromatic hydroxyl groups is 1. The van der Waals surface area contributed by atoms with Gasteiger partial charge in [-0.2, -0.15) is 0 Å². The molecule has 2 amide bonds. The van der Waals surface area contributed by atoms with E-state index in [0.717, 1.165) is 6.42 Å². The summed E-state index contributed by atoms with van der Waals surface area (Å²) < 4.78 is 23.7. The molecule has 7 nitrogen and oxygen atoms in total. The average molecular weight is 505 g/mol. The molecule has 3 rings (SSSR count). The number of thiocarbonyl (C=S) groups is 1. The minimum absolute atomic E-state index is 0.110. The lowest BCUT2D eigenvalue weighted by molar-refractivity contribution is -0.122. The smallest absolute Gasteiger partial charge is 0.266 e. The lowest BCUT2D eigenvalue weighted by atomic mass is 10.1. The largest absolute Gasteiger partial charge is 0.502 e. The SMILES string of the molecule is COc1cc(/C=C2\SC(=S)N(CCCCCC(=O)Nc3ccc(F)cc3)C2=O)cc(OC)c1O. The zero-order chi connectivity index (χ0) is 24.7. The van der Waals surface area contributed by atoms with E-state index in [0.29, 0.717) is 46.3 Å². The lowest BCUT2D eigenvalue weighted by Gasteiger charge is -2.14. The van der Waals surface area contributed by atoms with Crippen LogP contribution in [-0.4, -0.2) is 46.9 Å². The van der Waals surface area contributed by atoms with Gasteiger partial charge in [-0.15, -0.1) is 0 Å². The molecule has 1 heterocycles. The van der Waals surface area contributed by atoms with Crippen molar-refractivity contribution in [1.82, 2.24) is 4.90 Å². The number of carbonyl (C=O) groups excluding carboxylic acids is 2. The van der Waals surface area contributed by atoms with Gasteiger partial charge in [0.1, 0.15) is 10.1 Å². The van der Waals surface area contributed by atoms with E-state index < -0.39 is 0 Å². The molecule has 0 aliphatic carbocycles. The second kappa shape index (κ2) is 11.8. The van der Waals surface area contributed by atoms with Gasteiger partial charge in [0.05, 0.1) is 19.1 Å². The molecular formula is C24H25FN2O5S2. The van der Waals surface area contributed by atoms with Crippen LogP contribution in [0.15, 0.2) is 41.3 Å². The number of phenolic OH excluding ortho intramolecular Hbond substituents is 1. The molecule has 0 spiro atoms. The maximum absolute atomic E-state index is 12.9. The fourth-order valence-corrected chi connectivity index (χ4v) is 4.64. The molecule has 1 fully saturated rings. The molecule has 1 saturated heterocycles. The highest BCUT2D eigenvalue weighted by molar-refractivity contribution is 8.26. The topological polar surface area (TPSA) is 88.1 Å². The molecule has 10 heteroatoms. The summed E-state index contributed by atoms with van der Waals surface area (Å²) in [6.45, 7) is 0.462. The van der Waals surface area contributed by atoms with E-state index in [1.807, 2.05) is 0 Å². The van der Waals surface area contributed by atoms with Gasteiger partial charge in [-0.25, -0.2) is 4.39 Å². The van der Waals surface area contributed by atoms with Crippen LogP contribution in [0.5, 0.6) is 17.2 Å². The summed E-state index contributed by atoms with van der Waals surface area (Å²) in [5, 5.41) is 12.8. The van der Waals surface area contributed by atoms with Gasteiger partial charge in [-0.1, -0.05) is 30.4 Å². The zero-order valence-electron chi connectivity index (χ0n) is 18.8. The summed E-state index contributed by atoms with van der Waals surface area (Å²) in [4.78, 5) is 26.9. The second-order valence-electron chi connectivity index (χ2n) is 7.47. The minimum Gasteiger partial charge on any atom is -0.502 e. The van der Waals surface area contributed by atoms with Crippen LogP contribution in [0.3, 0.4) is 0 Å². The third-order valence-corrected chi connectivity index (χ3v) is 6.46. The molecule has 0 radical (unpaired) electrons. The van der Waals surface area contributed by atoms with Crippen LogP contribution in [0.25, 0.3) is 6.08 Å². The van der Waals surface area contributed by atoms with Crippen molar-refractivity contribution in [1.29, 1.82) is 0 Å². The molecule has 2 aromatic carbocycles. The minimum atomic E-state index is -0.356. The van der Waals surface area contributed by atoms with Crippen molar-refractivity contribution in [2.45, 2.75) is 25.7 Å². The Labute approximate surface area is 206 Å². The summed E-state index contributed by atoms with van der Waals surface area (Å²) in [5.74, 6) is -0.309. The molecule has 1 aliphatic heterocycles. The van der Waals surface area contributed by atoms with Crippen LogP contribution in [0.1, 0.15) is 31.2 Å². The van der Waals surface area contributed by atoms with Crippen LogP contribution < -0.4 is 14.8 Å². The van der Waals surface area contributed by atoms with Gasteiger partial charge in [0.2, 0.25) is 11.7 Å². The number of phenols is 1. The molecule has 0 aromatic heterocycles. The van der Waals surface area contributed by atoms with E-state index in [9.17, 15) is 19.1 Å². The number of nitrogens with one attached hydrogen (secondary N) is 1. The Kier molecular flexibility index (Phi) is 8.89. The van der Waals surface area contributed by atoms with Gasteiger partial charge in [-0.3, -0.25) is 14.5 Å². The van der Waals surface area contributed by atoms with Gasteiger partial charge in [-0.05, 0) is 60.9 Å². The molecule has 34 heavy (non-hydrogen) atoms. The van der Waals surface area contributed by atoms with E-state index in [2.05, 4.69) is 5.32 Å². The van der Waals surface area contributed by atoms with Gasteiger partial charge in [0.25, 0.3) is 5.91 Å². The monoisotopic (exact) mass is 504 g/mol. The van der Waals surface area contributed by atoms with Crippen molar-refractivity contribution in [3.8, 4) is 17.2 Å². The number of unbranched alkanes of at least 4 members (excludes halogenated alkanes) is 2. The number of nitrogens with zero attached hydrogens (tertiary/aromatic N) is 1. The zero-order valence-corrected chi connectivity index (χ0v) is 20.4. The van der Waals surface area contributed by atoms with E-state index in [1.165, 1.54) is 50.2 Å². The Morgan fingerprint density at radius 1 is 1.15 bits per heavy atom. The summed E-state index contributed by atoms with van der Waals surface area (Å²) in [7, 11) is 2.87. The number of halogens is 1. The predicted molar refractivity (Wildman–Crippen MR) is 135 cm³/mol. The van der Waals surface area contributed by atoms with Crippen molar-refractivity contribution in [2.24, 2.45) is 0 Å². The van der Waals surface area contributed by atoms with Crippen molar-refractivity contribution in [2.75, 3.05) is 26.1 Å². The van der Waals surface area contributed by atoms with Gasteiger partial charge in [0.15, 0.2) is 11.5 Å². The normalized spacial score (nSPS) is 14.6. The summed E-state index contributed by atoms with van der Waals surface area (Å²) >= 11 is 6.59. The third-order valence-electron chi connectivity index (χ3n) is 5.09. The number of methoxy groups -OCH3 is 2. The highest BCUT2D eigenvalue weighted by atomic mass is 32.2. The number of hydrogen-bond acceptors (Lipinski definition) is 7. The molecule has 2 aromatic rings. The number of anilines is 1. The molecule has 180 valence electrons. The number of rotatable bonds is 10. The van der Waals surface area contributed by atoms with Crippen molar-refractivity contribution < 1.29 is 28.6 Å². The number of benzene rings is 2. The maximum Gasteiger partial charge on any atom is 0.266 e. The second-order valence-corrected chi connectivity index (χ2v) is 9.15. The van der Waals surface area contributed by atoms with Crippen LogP contribution in [-0.2, 0) is 9.59 Å². The maximum atomic E-state index is 12.9. The predicted octanol–water partition coefficient (Wildman–Crippen LogP) is 4.95. The molecular weight excluding hydrogens is 479 g/mol. The highest BCUT2D eigenvalue weighted by Crippen LogP contribution is 2.39. The first-order valence-corrected chi connectivity index (χ1v) is 11.8. The first-order chi connectivity index (χ1) is 16.3. The van der Waals surface area contributed by atoms with E-state index in [4.69, 9.17) is 21.7 Å².